The summed E-state index contributed by atoms with van der Waals surface area (Å²) in [4.78, 5) is 0. The Balaban J connectivity index is 2.12. The van der Waals surface area contributed by atoms with Crippen molar-refractivity contribution in [3.8, 4) is 0 Å². The molecular weight excluding hydrogens is 174 g/mol. The van der Waals surface area contributed by atoms with Crippen LogP contribution in [0.1, 0.15) is 19.3 Å². The smallest absolute Gasteiger partial charge is 0.0802 e. The minimum atomic E-state index is 0.125. The molecule has 1 rings (SSSR count). The van der Waals surface area contributed by atoms with E-state index in [9.17, 15) is 0 Å². The van der Waals surface area contributed by atoms with Gasteiger partial charge in [-0.2, -0.15) is 0 Å². The Kier molecular flexibility index (Phi) is 4.06. The second-order valence-corrected chi connectivity index (χ2v) is 3.49. The van der Waals surface area contributed by atoms with Crippen molar-refractivity contribution in [1.82, 2.24) is 5.32 Å². The maximum atomic E-state index is 5.43. The van der Waals surface area contributed by atoms with Gasteiger partial charge in [-0.15, -0.1) is 0 Å². The average Bonchev–Trinajstić information content (AvgIpc) is 2.02. The SMILES string of the molecule is COC1(CNC/C=C/Cl)CCC1. The van der Waals surface area contributed by atoms with E-state index < -0.39 is 0 Å². The lowest BCUT2D eigenvalue weighted by Crippen LogP contribution is -2.47. The highest BCUT2D eigenvalue weighted by Crippen LogP contribution is 2.34. The lowest BCUT2D eigenvalue weighted by molar-refractivity contribution is -0.0687. The molecule has 3 heteroatoms. The number of ether oxygens (including phenoxy) is 1. The highest BCUT2D eigenvalue weighted by atomic mass is 35.5. The number of methoxy groups -OCH3 is 1. The zero-order chi connectivity index (χ0) is 8.86. The molecule has 0 heterocycles. The summed E-state index contributed by atoms with van der Waals surface area (Å²) >= 11 is 5.38. The van der Waals surface area contributed by atoms with Crippen LogP contribution in [0.3, 0.4) is 0 Å². The molecule has 70 valence electrons. The molecule has 0 amide bonds. The summed E-state index contributed by atoms with van der Waals surface area (Å²) in [6.45, 7) is 1.76. The summed E-state index contributed by atoms with van der Waals surface area (Å²) in [5, 5.41) is 3.28. The zero-order valence-corrected chi connectivity index (χ0v) is 8.23. The Hall–Kier alpha value is -0.0500. The van der Waals surface area contributed by atoms with Crippen molar-refractivity contribution in [2.75, 3.05) is 20.2 Å². The van der Waals surface area contributed by atoms with E-state index in [1.807, 2.05) is 6.08 Å². The number of hydrogen-bond donors (Lipinski definition) is 1. The molecule has 0 bridgehead atoms. The van der Waals surface area contributed by atoms with Crippen LogP contribution >= 0.6 is 11.6 Å². The van der Waals surface area contributed by atoms with Crippen LogP contribution in [0.15, 0.2) is 11.6 Å². The quantitative estimate of drug-likeness (QED) is 0.668. The summed E-state index contributed by atoms with van der Waals surface area (Å²) in [7, 11) is 1.79. The number of halogens is 1. The van der Waals surface area contributed by atoms with Gasteiger partial charge in [-0.1, -0.05) is 17.7 Å². The Morgan fingerprint density at radius 1 is 1.58 bits per heavy atom. The molecule has 0 unspecified atom stereocenters. The van der Waals surface area contributed by atoms with Gasteiger partial charge in [0.1, 0.15) is 0 Å². The molecule has 0 saturated heterocycles. The van der Waals surface area contributed by atoms with Crippen LogP contribution in [-0.4, -0.2) is 25.8 Å². The molecule has 1 saturated carbocycles. The Bertz CT molecular complexity index is 149. The summed E-state index contributed by atoms with van der Waals surface area (Å²) in [6, 6.07) is 0. The van der Waals surface area contributed by atoms with Gasteiger partial charge in [-0.25, -0.2) is 0 Å². The fourth-order valence-electron chi connectivity index (χ4n) is 1.45. The van der Waals surface area contributed by atoms with Crippen molar-refractivity contribution in [3.63, 3.8) is 0 Å². The zero-order valence-electron chi connectivity index (χ0n) is 7.48. The van der Waals surface area contributed by atoms with E-state index in [4.69, 9.17) is 16.3 Å². The third-order valence-corrected chi connectivity index (χ3v) is 2.67. The Labute approximate surface area is 78.9 Å². The minimum absolute atomic E-state index is 0.125. The van der Waals surface area contributed by atoms with Gasteiger partial charge in [0.25, 0.3) is 0 Å². The van der Waals surface area contributed by atoms with Gasteiger partial charge >= 0.3 is 0 Å². The number of rotatable bonds is 5. The van der Waals surface area contributed by atoms with E-state index in [0.717, 1.165) is 13.1 Å². The van der Waals surface area contributed by atoms with Gasteiger partial charge in [-0.3, -0.25) is 0 Å². The number of nitrogens with one attached hydrogen (secondary N) is 1. The molecule has 0 atom stereocenters. The molecule has 2 nitrogen and oxygen atoms in total. The van der Waals surface area contributed by atoms with Gasteiger partial charge in [0.15, 0.2) is 0 Å². The molecule has 1 N–H and O–H groups in total. The molecule has 1 aliphatic rings. The topological polar surface area (TPSA) is 21.3 Å². The van der Waals surface area contributed by atoms with Gasteiger partial charge in [0.2, 0.25) is 0 Å². The molecule has 0 spiro atoms. The maximum absolute atomic E-state index is 5.43. The molecule has 1 aliphatic carbocycles. The van der Waals surface area contributed by atoms with E-state index in [-0.39, 0.29) is 5.60 Å². The van der Waals surface area contributed by atoms with Crippen LogP contribution in [0, 0.1) is 0 Å². The van der Waals surface area contributed by atoms with Crippen molar-refractivity contribution < 1.29 is 4.74 Å². The Morgan fingerprint density at radius 3 is 2.75 bits per heavy atom. The maximum Gasteiger partial charge on any atom is 0.0802 e. The van der Waals surface area contributed by atoms with Crippen molar-refractivity contribution in [2.45, 2.75) is 24.9 Å². The first-order valence-corrected chi connectivity index (χ1v) is 4.78. The van der Waals surface area contributed by atoms with Crippen LogP contribution in [0.25, 0.3) is 0 Å². The molecular formula is C9H16ClNO. The predicted molar refractivity (Wildman–Crippen MR) is 51.5 cm³/mol. The summed E-state index contributed by atoms with van der Waals surface area (Å²) in [5.74, 6) is 0. The highest BCUT2D eigenvalue weighted by molar-refractivity contribution is 6.25. The summed E-state index contributed by atoms with van der Waals surface area (Å²) in [5.41, 5.74) is 1.66. The normalized spacial score (nSPS) is 21.2. The minimum Gasteiger partial charge on any atom is -0.377 e. The number of hydrogen-bond acceptors (Lipinski definition) is 2. The first-order chi connectivity index (χ1) is 5.83. The van der Waals surface area contributed by atoms with Crippen molar-refractivity contribution in [1.29, 1.82) is 0 Å². The molecule has 12 heavy (non-hydrogen) atoms. The Morgan fingerprint density at radius 2 is 2.33 bits per heavy atom. The van der Waals surface area contributed by atoms with Crippen LogP contribution in [0.2, 0.25) is 0 Å². The highest BCUT2D eigenvalue weighted by Gasteiger charge is 2.36. The van der Waals surface area contributed by atoms with Crippen LogP contribution in [0.5, 0.6) is 0 Å². The van der Waals surface area contributed by atoms with Crippen molar-refractivity contribution in [2.24, 2.45) is 0 Å². The van der Waals surface area contributed by atoms with Crippen LogP contribution < -0.4 is 5.32 Å². The van der Waals surface area contributed by atoms with Gasteiger partial charge in [0.05, 0.1) is 5.60 Å². The van der Waals surface area contributed by atoms with Gasteiger partial charge in [0, 0.05) is 25.7 Å². The molecule has 0 aromatic rings. The molecule has 0 aromatic carbocycles. The standard InChI is InChI=1S/C9H16ClNO/c1-12-9(4-2-5-9)8-11-7-3-6-10/h3,6,11H,2,4-5,7-8H2,1H3/b6-3+. The van der Waals surface area contributed by atoms with Gasteiger partial charge in [-0.05, 0) is 19.3 Å². The second kappa shape index (κ2) is 4.85. The molecule has 0 aromatic heterocycles. The first-order valence-electron chi connectivity index (χ1n) is 4.34. The van der Waals surface area contributed by atoms with E-state index >= 15 is 0 Å². The van der Waals surface area contributed by atoms with E-state index in [2.05, 4.69) is 5.32 Å². The fourth-order valence-corrected chi connectivity index (χ4v) is 1.54. The molecule has 0 aliphatic heterocycles. The van der Waals surface area contributed by atoms with Crippen LogP contribution in [0.4, 0.5) is 0 Å². The third-order valence-electron chi connectivity index (χ3n) is 2.50. The second-order valence-electron chi connectivity index (χ2n) is 3.23. The van der Waals surface area contributed by atoms with Gasteiger partial charge < -0.3 is 10.1 Å². The molecule has 1 fully saturated rings. The van der Waals surface area contributed by atoms with Crippen molar-refractivity contribution in [3.05, 3.63) is 11.6 Å². The fraction of sp³-hybridized carbons (Fsp3) is 0.778. The van der Waals surface area contributed by atoms with Crippen LogP contribution in [-0.2, 0) is 4.74 Å². The monoisotopic (exact) mass is 189 g/mol. The lowest BCUT2D eigenvalue weighted by Gasteiger charge is -2.40. The van der Waals surface area contributed by atoms with E-state index in [1.165, 1.54) is 24.8 Å². The third kappa shape index (κ3) is 2.47. The largest absolute Gasteiger partial charge is 0.377 e. The van der Waals surface area contributed by atoms with E-state index in [0.29, 0.717) is 0 Å². The van der Waals surface area contributed by atoms with E-state index in [1.54, 1.807) is 7.11 Å². The summed E-state index contributed by atoms with van der Waals surface area (Å²) < 4.78 is 5.43. The molecule has 0 radical (unpaired) electrons. The summed E-state index contributed by atoms with van der Waals surface area (Å²) in [6.07, 6.45) is 5.55. The van der Waals surface area contributed by atoms with Crippen molar-refractivity contribution >= 4 is 11.6 Å². The first kappa shape index (κ1) is 10.0. The predicted octanol–water partition coefficient (Wildman–Crippen LogP) is 1.90. The average molecular weight is 190 g/mol. The lowest BCUT2D eigenvalue weighted by atomic mass is 9.80.